The van der Waals surface area contributed by atoms with E-state index in [0.717, 1.165) is 4.68 Å². The van der Waals surface area contributed by atoms with E-state index in [1.807, 2.05) is 0 Å². The van der Waals surface area contributed by atoms with Crippen molar-refractivity contribution in [1.29, 1.82) is 0 Å². The van der Waals surface area contributed by atoms with Crippen LogP contribution in [0.5, 0.6) is 5.75 Å². The molecular formula is C19H18ClFN4O4. The van der Waals surface area contributed by atoms with Crippen LogP contribution < -0.4 is 10.3 Å². The van der Waals surface area contributed by atoms with E-state index in [1.165, 1.54) is 25.3 Å². The van der Waals surface area contributed by atoms with E-state index in [9.17, 15) is 19.1 Å². The second-order valence-corrected chi connectivity index (χ2v) is 7.21. The molecule has 1 aliphatic rings. The molecule has 1 amide bonds. The van der Waals surface area contributed by atoms with Crippen LogP contribution >= 0.6 is 11.6 Å². The molecule has 0 saturated heterocycles. The van der Waals surface area contributed by atoms with E-state index in [2.05, 4.69) is 5.10 Å². The average molecular weight is 421 g/mol. The predicted octanol–water partition coefficient (Wildman–Crippen LogP) is 1.63. The van der Waals surface area contributed by atoms with Crippen molar-refractivity contribution in [3.05, 3.63) is 56.3 Å². The summed E-state index contributed by atoms with van der Waals surface area (Å²) >= 11 is 5.83. The van der Waals surface area contributed by atoms with Gasteiger partial charge in [-0.1, -0.05) is 17.7 Å². The van der Waals surface area contributed by atoms with Crippen molar-refractivity contribution in [2.75, 3.05) is 20.7 Å². The first-order valence-electron chi connectivity index (χ1n) is 8.87. The molecule has 0 aliphatic carbocycles. The van der Waals surface area contributed by atoms with Gasteiger partial charge in [0.25, 0.3) is 11.5 Å². The Balaban J connectivity index is 1.97. The number of carbonyl (C=O) groups excluding carboxylic acids is 1. The molecule has 3 aromatic rings. The van der Waals surface area contributed by atoms with E-state index < -0.39 is 18.0 Å². The zero-order chi connectivity index (χ0) is 20.9. The maximum absolute atomic E-state index is 13.4. The van der Waals surface area contributed by atoms with Crippen molar-refractivity contribution >= 4 is 28.4 Å². The first-order valence-corrected chi connectivity index (χ1v) is 9.25. The highest BCUT2D eigenvalue weighted by atomic mass is 35.5. The molecule has 1 aliphatic heterocycles. The van der Waals surface area contributed by atoms with Gasteiger partial charge in [-0.05, 0) is 17.7 Å². The lowest BCUT2D eigenvalue weighted by Gasteiger charge is -2.25. The predicted molar refractivity (Wildman–Crippen MR) is 104 cm³/mol. The number of carbonyl (C=O) groups is 1. The average Bonchev–Trinajstić information content (AvgIpc) is 3.05. The number of methoxy groups -OCH3 is 1. The second-order valence-electron chi connectivity index (χ2n) is 6.80. The Hall–Kier alpha value is -2.91. The fourth-order valence-corrected chi connectivity index (χ4v) is 3.86. The molecule has 0 spiro atoms. The number of hydrogen-bond acceptors (Lipinski definition) is 5. The van der Waals surface area contributed by atoms with Gasteiger partial charge in [-0.15, -0.1) is 0 Å². The van der Waals surface area contributed by atoms with Crippen LogP contribution in [0.3, 0.4) is 0 Å². The molecule has 0 atom stereocenters. The van der Waals surface area contributed by atoms with Crippen molar-refractivity contribution in [2.24, 2.45) is 0 Å². The monoisotopic (exact) mass is 420 g/mol. The van der Waals surface area contributed by atoms with Crippen LogP contribution in [0.15, 0.2) is 23.0 Å². The topological polar surface area (TPSA) is 89.6 Å². The van der Waals surface area contributed by atoms with Crippen molar-refractivity contribution in [2.45, 2.75) is 19.7 Å². The minimum Gasteiger partial charge on any atom is -0.493 e. The highest BCUT2D eigenvalue weighted by molar-refractivity contribution is 6.30. The van der Waals surface area contributed by atoms with Crippen molar-refractivity contribution in [3.63, 3.8) is 0 Å². The molecule has 1 aromatic carbocycles. The minimum atomic E-state index is -0.563. The Morgan fingerprint density at radius 3 is 2.72 bits per heavy atom. The normalized spacial score (nSPS) is 13.8. The highest BCUT2D eigenvalue weighted by Crippen LogP contribution is 2.34. The second kappa shape index (κ2) is 7.16. The maximum atomic E-state index is 13.4. The van der Waals surface area contributed by atoms with Crippen molar-refractivity contribution in [1.82, 2.24) is 19.2 Å². The molecule has 8 nitrogen and oxygen atoms in total. The molecule has 0 radical (unpaired) electrons. The molecule has 10 heteroatoms. The third kappa shape index (κ3) is 2.97. The summed E-state index contributed by atoms with van der Waals surface area (Å²) in [5.41, 5.74) is 0.973. The summed E-state index contributed by atoms with van der Waals surface area (Å²) in [6.45, 7) is 0.487. The number of fused-ring (bicyclic) bond motifs is 3. The lowest BCUT2D eigenvalue weighted by Crippen LogP contribution is -2.37. The van der Waals surface area contributed by atoms with E-state index in [0.29, 0.717) is 24.2 Å². The van der Waals surface area contributed by atoms with Gasteiger partial charge in [0.1, 0.15) is 16.9 Å². The molecule has 0 fully saturated rings. The van der Waals surface area contributed by atoms with Gasteiger partial charge in [0.2, 0.25) is 0 Å². The molecule has 152 valence electrons. The quantitative estimate of drug-likeness (QED) is 0.693. The van der Waals surface area contributed by atoms with Gasteiger partial charge in [-0.2, -0.15) is 5.10 Å². The third-order valence-corrected chi connectivity index (χ3v) is 5.35. The lowest BCUT2D eigenvalue weighted by molar-refractivity contribution is 0.0746. The van der Waals surface area contributed by atoms with Gasteiger partial charge >= 0.3 is 0 Å². The van der Waals surface area contributed by atoms with Crippen LogP contribution in [-0.4, -0.2) is 51.0 Å². The van der Waals surface area contributed by atoms with Crippen molar-refractivity contribution in [3.8, 4) is 5.75 Å². The van der Waals surface area contributed by atoms with Crippen molar-refractivity contribution < 1.29 is 19.0 Å². The Labute approximate surface area is 169 Å². The first kappa shape index (κ1) is 19.4. The first-order chi connectivity index (χ1) is 13.9. The van der Waals surface area contributed by atoms with E-state index in [1.54, 1.807) is 16.5 Å². The van der Waals surface area contributed by atoms with Gasteiger partial charge in [0, 0.05) is 20.1 Å². The van der Waals surface area contributed by atoms with Crippen LogP contribution in [0.1, 0.15) is 21.7 Å². The summed E-state index contributed by atoms with van der Waals surface area (Å²) in [6, 6.07) is 4.12. The Morgan fingerprint density at radius 1 is 1.31 bits per heavy atom. The van der Waals surface area contributed by atoms with Gasteiger partial charge in [0.15, 0.2) is 11.4 Å². The molecular weight excluding hydrogens is 403 g/mol. The van der Waals surface area contributed by atoms with E-state index in [4.69, 9.17) is 16.3 Å². The van der Waals surface area contributed by atoms with Gasteiger partial charge < -0.3 is 19.3 Å². The number of amides is 1. The van der Waals surface area contributed by atoms with Crippen LogP contribution in [-0.2, 0) is 19.7 Å². The van der Waals surface area contributed by atoms with Gasteiger partial charge in [-0.25, -0.2) is 9.07 Å². The van der Waals surface area contributed by atoms with Crippen LogP contribution in [0, 0.1) is 5.82 Å². The zero-order valence-electron chi connectivity index (χ0n) is 15.8. The summed E-state index contributed by atoms with van der Waals surface area (Å²) in [5.74, 6) is -0.680. The van der Waals surface area contributed by atoms with E-state index in [-0.39, 0.29) is 40.0 Å². The Bertz CT molecular complexity index is 1200. The number of aliphatic hydroxyl groups excluding tert-OH is 1. The summed E-state index contributed by atoms with van der Waals surface area (Å²) in [6.07, 6.45) is 0. The molecule has 0 bridgehead atoms. The number of aliphatic hydroxyl groups is 1. The van der Waals surface area contributed by atoms with Crippen LogP contribution in [0.25, 0.3) is 10.9 Å². The van der Waals surface area contributed by atoms with E-state index >= 15 is 0 Å². The molecule has 4 rings (SSSR count). The molecule has 29 heavy (non-hydrogen) atoms. The number of aromatic nitrogens is 3. The number of likely N-dealkylation sites (N-methyl/N-ethyl adjacent to an activating group) is 1. The summed E-state index contributed by atoms with van der Waals surface area (Å²) in [5, 5.41) is 14.3. The summed E-state index contributed by atoms with van der Waals surface area (Å²) in [4.78, 5) is 27.5. The standard InChI is InChI=1S/C19H18ClFN4O4/c1-23-5-6-24-15-13(9-26)22-25(8-10-3-4-12(21)11(20)7-10)18(27)14(15)17(29-2)16(24)19(23)28/h3-4,7,26H,5-6,8-9H2,1-2H3. The SMILES string of the molecule is COc1c2n(c3c(CO)nn(Cc4ccc(F)c(Cl)c4)c(=O)c13)CCN(C)C2=O. The molecule has 3 heterocycles. The van der Waals surface area contributed by atoms with Gasteiger partial charge in [0.05, 0.1) is 30.8 Å². The van der Waals surface area contributed by atoms with Crippen LogP contribution in [0.2, 0.25) is 5.02 Å². The van der Waals surface area contributed by atoms with Gasteiger partial charge in [-0.3, -0.25) is 9.59 Å². The maximum Gasteiger partial charge on any atom is 0.280 e. The molecule has 2 aromatic heterocycles. The highest BCUT2D eigenvalue weighted by Gasteiger charge is 2.33. The lowest BCUT2D eigenvalue weighted by atomic mass is 10.2. The van der Waals surface area contributed by atoms with Crippen LogP contribution in [0.4, 0.5) is 4.39 Å². The largest absolute Gasteiger partial charge is 0.493 e. The minimum absolute atomic E-state index is 0.0132. The summed E-state index contributed by atoms with van der Waals surface area (Å²) in [7, 11) is 3.06. The Kier molecular flexibility index (Phi) is 4.79. The zero-order valence-corrected chi connectivity index (χ0v) is 16.5. The number of halogens is 2. The number of hydrogen-bond donors (Lipinski definition) is 1. The smallest absolute Gasteiger partial charge is 0.280 e. The number of ether oxygens (including phenoxy) is 1. The number of rotatable bonds is 4. The molecule has 0 saturated carbocycles. The molecule has 0 unspecified atom stereocenters. The fraction of sp³-hybridized carbons (Fsp3) is 0.316. The third-order valence-electron chi connectivity index (χ3n) is 5.06. The number of nitrogens with zero attached hydrogens (tertiary/aromatic N) is 4. The number of benzene rings is 1. The fourth-order valence-electron chi connectivity index (χ4n) is 3.65. The summed E-state index contributed by atoms with van der Waals surface area (Å²) < 4.78 is 21.7. The molecule has 1 N–H and O–H groups in total. The Morgan fingerprint density at radius 2 is 2.07 bits per heavy atom.